The van der Waals surface area contributed by atoms with Crippen LogP contribution in [0.1, 0.15) is 19.5 Å². The maximum absolute atomic E-state index is 5.99. The molecule has 5 nitrogen and oxygen atoms in total. The number of aromatic nitrogens is 1. The molecule has 0 radical (unpaired) electrons. The number of rotatable bonds is 11. The lowest BCUT2D eigenvalue weighted by Crippen LogP contribution is -2.42. The second kappa shape index (κ2) is 11.4. The second-order valence-electron chi connectivity index (χ2n) is 6.07. The number of pyridine rings is 1. The standard InChI is InChI=1S/C19H31N5/c1-5-13-24(14-6-2)18(16(3)4)15-23-19(20)22-12-10-17-9-7-8-11-21-17/h5-9,11,16,18H,1-2,10,12-15H2,3-4H3,(H3,20,22,23). The monoisotopic (exact) mass is 329 g/mol. The molecule has 3 N–H and O–H groups in total. The topological polar surface area (TPSA) is 66.5 Å². The molecular weight excluding hydrogens is 298 g/mol. The first-order chi connectivity index (χ1) is 11.6. The number of aliphatic imine (C=N–C) groups is 1. The number of hydrogen-bond donors (Lipinski definition) is 2. The van der Waals surface area contributed by atoms with Crippen LogP contribution in [0.3, 0.4) is 0 Å². The van der Waals surface area contributed by atoms with Gasteiger partial charge in [-0.25, -0.2) is 0 Å². The van der Waals surface area contributed by atoms with Gasteiger partial charge in [0.2, 0.25) is 0 Å². The van der Waals surface area contributed by atoms with Gasteiger partial charge < -0.3 is 11.1 Å². The van der Waals surface area contributed by atoms with Crippen LogP contribution in [0.4, 0.5) is 0 Å². The third kappa shape index (κ3) is 7.42. The van der Waals surface area contributed by atoms with Crippen molar-refractivity contribution in [1.82, 2.24) is 15.2 Å². The van der Waals surface area contributed by atoms with Gasteiger partial charge >= 0.3 is 0 Å². The molecule has 0 aromatic carbocycles. The van der Waals surface area contributed by atoms with Gasteiger partial charge in [-0.1, -0.05) is 32.1 Å². The highest BCUT2D eigenvalue weighted by molar-refractivity contribution is 5.77. The number of hydrogen-bond acceptors (Lipinski definition) is 3. The summed E-state index contributed by atoms with van der Waals surface area (Å²) in [6.07, 6.45) is 6.45. The minimum atomic E-state index is 0.303. The van der Waals surface area contributed by atoms with Crippen molar-refractivity contribution in [2.75, 3.05) is 26.2 Å². The summed E-state index contributed by atoms with van der Waals surface area (Å²) in [5.74, 6) is 0.948. The minimum Gasteiger partial charge on any atom is -0.370 e. The molecule has 0 fully saturated rings. The number of nitrogens with zero attached hydrogens (tertiary/aromatic N) is 3. The normalized spacial score (nSPS) is 13.1. The molecule has 0 aliphatic rings. The lowest BCUT2D eigenvalue weighted by Gasteiger charge is -2.31. The minimum absolute atomic E-state index is 0.303. The van der Waals surface area contributed by atoms with Crippen LogP contribution in [0.15, 0.2) is 54.7 Å². The van der Waals surface area contributed by atoms with E-state index in [0.717, 1.165) is 31.7 Å². The fourth-order valence-corrected chi connectivity index (χ4v) is 2.54. The van der Waals surface area contributed by atoms with Gasteiger partial charge in [0.05, 0.1) is 6.54 Å². The third-order valence-electron chi connectivity index (χ3n) is 3.83. The number of nitrogens with two attached hydrogens (primary N) is 1. The highest BCUT2D eigenvalue weighted by Gasteiger charge is 2.19. The fourth-order valence-electron chi connectivity index (χ4n) is 2.54. The fraction of sp³-hybridized carbons (Fsp3) is 0.474. The van der Waals surface area contributed by atoms with E-state index in [1.165, 1.54) is 0 Å². The van der Waals surface area contributed by atoms with E-state index in [0.29, 0.717) is 24.5 Å². The first kappa shape index (κ1) is 19.9. The summed E-state index contributed by atoms with van der Waals surface area (Å²) in [7, 11) is 0. The largest absolute Gasteiger partial charge is 0.370 e. The van der Waals surface area contributed by atoms with Crippen molar-refractivity contribution in [2.24, 2.45) is 16.6 Å². The Morgan fingerprint density at radius 3 is 2.58 bits per heavy atom. The van der Waals surface area contributed by atoms with E-state index < -0.39 is 0 Å². The van der Waals surface area contributed by atoms with Crippen LogP contribution >= 0.6 is 0 Å². The van der Waals surface area contributed by atoms with Crippen molar-refractivity contribution in [3.8, 4) is 0 Å². The first-order valence-electron chi connectivity index (χ1n) is 8.48. The van der Waals surface area contributed by atoms with Gasteiger partial charge in [-0.05, 0) is 18.1 Å². The summed E-state index contributed by atoms with van der Waals surface area (Å²) < 4.78 is 0. The molecule has 1 heterocycles. The van der Waals surface area contributed by atoms with Crippen molar-refractivity contribution in [2.45, 2.75) is 26.3 Å². The van der Waals surface area contributed by atoms with E-state index in [-0.39, 0.29) is 0 Å². The molecular formula is C19H31N5. The summed E-state index contributed by atoms with van der Waals surface area (Å²) in [4.78, 5) is 11.1. The molecule has 0 amide bonds. The molecule has 1 aromatic rings. The molecule has 132 valence electrons. The van der Waals surface area contributed by atoms with E-state index in [1.807, 2.05) is 30.4 Å². The van der Waals surface area contributed by atoms with Gasteiger partial charge in [0.15, 0.2) is 5.96 Å². The van der Waals surface area contributed by atoms with E-state index in [4.69, 9.17) is 5.73 Å². The van der Waals surface area contributed by atoms with Crippen LogP contribution < -0.4 is 11.1 Å². The van der Waals surface area contributed by atoms with Crippen LogP contribution in [-0.2, 0) is 6.42 Å². The molecule has 1 rings (SSSR count). The quantitative estimate of drug-likeness (QED) is 0.371. The van der Waals surface area contributed by atoms with Gasteiger partial charge in [0, 0.05) is 44.0 Å². The van der Waals surface area contributed by atoms with Crippen LogP contribution in [0, 0.1) is 5.92 Å². The van der Waals surface area contributed by atoms with Crippen LogP contribution in [0.5, 0.6) is 0 Å². The van der Waals surface area contributed by atoms with Gasteiger partial charge in [-0.15, -0.1) is 13.2 Å². The van der Waals surface area contributed by atoms with Crippen molar-refractivity contribution >= 4 is 5.96 Å². The molecule has 0 aliphatic heterocycles. The van der Waals surface area contributed by atoms with Gasteiger partial charge in [-0.3, -0.25) is 14.9 Å². The Balaban J connectivity index is 2.51. The molecule has 1 aromatic heterocycles. The Morgan fingerprint density at radius 2 is 2.04 bits per heavy atom. The molecule has 1 atom stereocenters. The van der Waals surface area contributed by atoms with Crippen LogP contribution in [0.25, 0.3) is 0 Å². The SMILES string of the molecule is C=CCN(CC=C)C(CN=C(N)NCCc1ccccn1)C(C)C. The molecule has 5 heteroatoms. The summed E-state index contributed by atoms with van der Waals surface area (Å²) >= 11 is 0. The van der Waals surface area contributed by atoms with Crippen LogP contribution in [-0.4, -0.2) is 48.1 Å². The highest BCUT2D eigenvalue weighted by Crippen LogP contribution is 2.11. The Labute approximate surface area is 146 Å². The zero-order chi connectivity index (χ0) is 17.8. The number of guanidine groups is 1. The Hall–Kier alpha value is -2.14. The van der Waals surface area contributed by atoms with Gasteiger partial charge in [0.1, 0.15) is 0 Å². The van der Waals surface area contributed by atoms with Crippen molar-refractivity contribution in [1.29, 1.82) is 0 Å². The number of nitrogens with one attached hydrogen (secondary N) is 1. The Morgan fingerprint density at radius 1 is 1.33 bits per heavy atom. The molecule has 0 saturated heterocycles. The third-order valence-corrected chi connectivity index (χ3v) is 3.83. The van der Waals surface area contributed by atoms with E-state index in [2.05, 4.69) is 47.2 Å². The average Bonchev–Trinajstić information content (AvgIpc) is 2.56. The summed E-state index contributed by atoms with van der Waals surface area (Å²) in [6.45, 7) is 15.1. The van der Waals surface area contributed by atoms with E-state index in [1.54, 1.807) is 6.20 Å². The zero-order valence-corrected chi connectivity index (χ0v) is 15.0. The van der Waals surface area contributed by atoms with Crippen molar-refractivity contribution < 1.29 is 0 Å². The first-order valence-corrected chi connectivity index (χ1v) is 8.48. The molecule has 0 aliphatic carbocycles. The Bertz CT molecular complexity index is 500. The van der Waals surface area contributed by atoms with E-state index in [9.17, 15) is 0 Å². The second-order valence-corrected chi connectivity index (χ2v) is 6.07. The molecule has 0 bridgehead atoms. The van der Waals surface area contributed by atoms with Gasteiger partial charge in [-0.2, -0.15) is 0 Å². The van der Waals surface area contributed by atoms with Gasteiger partial charge in [0.25, 0.3) is 0 Å². The average molecular weight is 329 g/mol. The predicted molar refractivity (Wildman–Crippen MR) is 103 cm³/mol. The predicted octanol–water partition coefficient (Wildman–Crippen LogP) is 2.23. The lowest BCUT2D eigenvalue weighted by atomic mass is 10.0. The molecule has 1 unspecified atom stereocenters. The maximum atomic E-state index is 5.99. The molecule has 0 spiro atoms. The molecule has 0 saturated carbocycles. The van der Waals surface area contributed by atoms with Crippen molar-refractivity contribution in [3.05, 3.63) is 55.4 Å². The Kier molecular flexibility index (Phi) is 9.46. The van der Waals surface area contributed by atoms with Crippen molar-refractivity contribution in [3.63, 3.8) is 0 Å². The summed E-state index contributed by atoms with van der Waals surface area (Å²) in [5, 5.41) is 3.16. The molecule has 24 heavy (non-hydrogen) atoms. The summed E-state index contributed by atoms with van der Waals surface area (Å²) in [5.41, 5.74) is 7.04. The lowest BCUT2D eigenvalue weighted by molar-refractivity contribution is 0.195. The smallest absolute Gasteiger partial charge is 0.188 e. The summed E-state index contributed by atoms with van der Waals surface area (Å²) in [6, 6.07) is 6.21. The maximum Gasteiger partial charge on any atom is 0.188 e. The zero-order valence-electron chi connectivity index (χ0n) is 15.0. The van der Waals surface area contributed by atoms with Crippen LogP contribution in [0.2, 0.25) is 0 Å². The highest BCUT2D eigenvalue weighted by atomic mass is 15.2. The van der Waals surface area contributed by atoms with E-state index >= 15 is 0 Å².